The van der Waals surface area contributed by atoms with E-state index in [0.717, 1.165) is 23.8 Å². The van der Waals surface area contributed by atoms with E-state index in [9.17, 15) is 25.0 Å². The number of hydrogen-bond acceptors (Lipinski definition) is 9. The molecule has 188 valence electrons. The number of non-ortho nitro benzene ring substituents is 1. The number of nitro groups is 2. The monoisotopic (exact) mass is 537 g/mol. The normalized spacial score (nSPS) is 14.2. The average Bonchev–Trinajstić information content (AvgIpc) is 3.13. The van der Waals surface area contributed by atoms with Gasteiger partial charge in [0.1, 0.15) is 0 Å². The zero-order chi connectivity index (χ0) is 26.7. The minimum atomic E-state index is -0.757. The second kappa shape index (κ2) is 10.8. The van der Waals surface area contributed by atoms with Crippen LogP contribution in [0, 0.1) is 27.2 Å². The van der Waals surface area contributed by atoms with Crippen LogP contribution in [0.25, 0.3) is 6.08 Å². The standard InChI is InChI=1S/C25H19N3O7S2/c1-3-34-22-12-16(13-23-24(29)26(25(36)37-23)17-6-4-5-15(2)11-17)7-9-21(22)35-20-10-8-18(27(30)31)14-19(20)28(32)33/h4-14H,3H2,1-2H3/b23-13-. The molecule has 10 nitrogen and oxygen atoms in total. The van der Waals surface area contributed by atoms with Crippen LogP contribution in [0.5, 0.6) is 17.2 Å². The third-order valence-electron chi connectivity index (χ3n) is 5.19. The first-order valence-corrected chi connectivity index (χ1v) is 12.1. The highest BCUT2D eigenvalue weighted by atomic mass is 32.2. The Hall–Kier alpha value is -4.29. The maximum atomic E-state index is 13.1. The molecular weight excluding hydrogens is 518 g/mol. The largest absolute Gasteiger partial charge is 0.490 e. The minimum Gasteiger partial charge on any atom is -0.490 e. The molecule has 3 aromatic carbocycles. The number of rotatable bonds is 8. The molecule has 0 bridgehead atoms. The predicted octanol–water partition coefficient (Wildman–Crippen LogP) is 6.41. The number of anilines is 1. The van der Waals surface area contributed by atoms with Gasteiger partial charge < -0.3 is 9.47 Å². The van der Waals surface area contributed by atoms with Crippen molar-refractivity contribution in [2.45, 2.75) is 13.8 Å². The van der Waals surface area contributed by atoms with Crippen LogP contribution in [0.15, 0.2) is 65.6 Å². The zero-order valence-electron chi connectivity index (χ0n) is 19.6. The van der Waals surface area contributed by atoms with Crippen molar-refractivity contribution in [2.75, 3.05) is 11.5 Å². The van der Waals surface area contributed by atoms with Gasteiger partial charge in [0.15, 0.2) is 15.8 Å². The topological polar surface area (TPSA) is 125 Å². The van der Waals surface area contributed by atoms with Crippen molar-refractivity contribution in [3.8, 4) is 17.2 Å². The predicted molar refractivity (Wildman–Crippen MR) is 144 cm³/mol. The first-order valence-electron chi connectivity index (χ1n) is 10.9. The number of thiocarbonyl (C=S) groups is 1. The van der Waals surface area contributed by atoms with Gasteiger partial charge in [0, 0.05) is 6.07 Å². The van der Waals surface area contributed by atoms with Gasteiger partial charge in [-0.3, -0.25) is 29.9 Å². The molecule has 0 unspecified atom stereocenters. The third-order valence-corrected chi connectivity index (χ3v) is 6.49. The number of thioether (sulfide) groups is 1. The number of hydrogen-bond donors (Lipinski definition) is 0. The van der Waals surface area contributed by atoms with Gasteiger partial charge >= 0.3 is 5.69 Å². The minimum absolute atomic E-state index is 0.170. The zero-order valence-corrected chi connectivity index (χ0v) is 21.2. The SMILES string of the molecule is CCOc1cc(/C=C2\SC(=S)N(c3cccc(C)c3)C2=O)ccc1Oc1ccc([N+](=O)[O-])cc1[N+](=O)[O-]. The van der Waals surface area contributed by atoms with Crippen LogP contribution in [-0.4, -0.2) is 26.7 Å². The average molecular weight is 538 g/mol. The molecule has 0 atom stereocenters. The van der Waals surface area contributed by atoms with Crippen molar-refractivity contribution < 1.29 is 24.1 Å². The summed E-state index contributed by atoms with van der Waals surface area (Å²) in [5.74, 6) is 0.0186. The molecule has 37 heavy (non-hydrogen) atoms. The van der Waals surface area contributed by atoms with Crippen LogP contribution in [0.2, 0.25) is 0 Å². The van der Waals surface area contributed by atoms with Gasteiger partial charge in [-0.2, -0.15) is 0 Å². The van der Waals surface area contributed by atoms with Gasteiger partial charge in [0.2, 0.25) is 5.75 Å². The van der Waals surface area contributed by atoms with Gasteiger partial charge in [-0.15, -0.1) is 0 Å². The summed E-state index contributed by atoms with van der Waals surface area (Å²) < 4.78 is 11.8. The quantitative estimate of drug-likeness (QED) is 0.139. The Labute approximate surface area is 220 Å². The molecule has 12 heteroatoms. The molecule has 3 aromatic rings. The lowest BCUT2D eigenvalue weighted by Crippen LogP contribution is -2.27. The van der Waals surface area contributed by atoms with Crippen molar-refractivity contribution in [2.24, 2.45) is 0 Å². The summed E-state index contributed by atoms with van der Waals surface area (Å²) in [6, 6.07) is 15.4. The molecule has 1 aliphatic heterocycles. The Bertz CT molecular complexity index is 1470. The highest BCUT2D eigenvalue weighted by Crippen LogP contribution is 2.40. The Morgan fingerprint density at radius 3 is 2.43 bits per heavy atom. The van der Waals surface area contributed by atoms with E-state index in [1.807, 2.05) is 31.2 Å². The number of aryl methyl sites for hydroxylation is 1. The highest BCUT2D eigenvalue weighted by molar-refractivity contribution is 8.27. The molecule has 0 spiro atoms. The van der Waals surface area contributed by atoms with E-state index in [-0.39, 0.29) is 29.8 Å². The molecule has 1 aliphatic rings. The van der Waals surface area contributed by atoms with Crippen LogP contribution in [0.4, 0.5) is 17.1 Å². The van der Waals surface area contributed by atoms with E-state index >= 15 is 0 Å². The number of nitrogens with zero attached hydrogens (tertiary/aromatic N) is 3. The van der Waals surface area contributed by atoms with Gasteiger partial charge in [0.25, 0.3) is 11.6 Å². The van der Waals surface area contributed by atoms with Crippen molar-refractivity contribution in [1.29, 1.82) is 0 Å². The summed E-state index contributed by atoms with van der Waals surface area (Å²) in [7, 11) is 0. The first-order chi connectivity index (χ1) is 17.7. The molecule has 0 saturated carbocycles. The smallest absolute Gasteiger partial charge is 0.318 e. The molecule has 1 amide bonds. The molecule has 4 rings (SSSR count). The fourth-order valence-electron chi connectivity index (χ4n) is 3.54. The molecule has 0 radical (unpaired) electrons. The molecule has 0 aliphatic carbocycles. The summed E-state index contributed by atoms with van der Waals surface area (Å²) in [5.41, 5.74) is 1.33. The van der Waals surface area contributed by atoms with Crippen molar-refractivity contribution in [3.63, 3.8) is 0 Å². The van der Waals surface area contributed by atoms with Crippen LogP contribution in [-0.2, 0) is 4.79 Å². The lowest BCUT2D eigenvalue weighted by Gasteiger charge is -2.15. The molecule has 1 fully saturated rings. The molecule has 1 heterocycles. The number of carbonyl (C=O) groups is 1. The number of ether oxygens (including phenoxy) is 2. The Morgan fingerprint density at radius 2 is 1.76 bits per heavy atom. The maximum absolute atomic E-state index is 13.1. The van der Waals surface area contributed by atoms with Crippen LogP contribution in [0.1, 0.15) is 18.1 Å². The number of carbonyl (C=O) groups excluding carboxylic acids is 1. The van der Waals surface area contributed by atoms with Gasteiger partial charge in [-0.05, 0) is 61.4 Å². The van der Waals surface area contributed by atoms with Gasteiger partial charge in [-0.25, -0.2) is 0 Å². The molecule has 0 aromatic heterocycles. The van der Waals surface area contributed by atoms with E-state index in [4.69, 9.17) is 21.7 Å². The van der Waals surface area contributed by atoms with E-state index in [0.29, 0.717) is 20.5 Å². The summed E-state index contributed by atoms with van der Waals surface area (Å²) in [4.78, 5) is 36.0. The summed E-state index contributed by atoms with van der Waals surface area (Å²) in [5, 5.41) is 22.5. The fourth-order valence-corrected chi connectivity index (χ4v) is 4.84. The number of amides is 1. The number of nitro benzene ring substituents is 2. The van der Waals surface area contributed by atoms with Crippen molar-refractivity contribution in [1.82, 2.24) is 0 Å². The van der Waals surface area contributed by atoms with Gasteiger partial charge in [-0.1, -0.05) is 42.2 Å². The second-order valence-electron chi connectivity index (χ2n) is 7.76. The fraction of sp³-hybridized carbons (Fsp3) is 0.120. The molecule has 0 N–H and O–H groups in total. The second-order valence-corrected chi connectivity index (χ2v) is 9.44. The third kappa shape index (κ3) is 5.60. The summed E-state index contributed by atoms with van der Waals surface area (Å²) in [6.45, 7) is 3.97. The van der Waals surface area contributed by atoms with E-state index < -0.39 is 21.2 Å². The van der Waals surface area contributed by atoms with E-state index in [1.54, 1.807) is 31.2 Å². The molecular formula is C25H19N3O7S2. The lowest BCUT2D eigenvalue weighted by molar-refractivity contribution is -0.394. The first kappa shape index (κ1) is 25.8. The summed E-state index contributed by atoms with van der Waals surface area (Å²) in [6.07, 6.45) is 1.68. The van der Waals surface area contributed by atoms with E-state index in [1.165, 1.54) is 16.7 Å². The Morgan fingerprint density at radius 1 is 1.00 bits per heavy atom. The Balaban J connectivity index is 1.64. The van der Waals surface area contributed by atoms with Crippen LogP contribution >= 0.6 is 24.0 Å². The van der Waals surface area contributed by atoms with Crippen molar-refractivity contribution in [3.05, 3.63) is 96.9 Å². The Kier molecular flexibility index (Phi) is 7.50. The number of benzene rings is 3. The lowest BCUT2D eigenvalue weighted by atomic mass is 10.1. The molecule has 1 saturated heterocycles. The van der Waals surface area contributed by atoms with E-state index in [2.05, 4.69) is 0 Å². The van der Waals surface area contributed by atoms with Crippen LogP contribution < -0.4 is 14.4 Å². The van der Waals surface area contributed by atoms with Gasteiger partial charge in [0.05, 0.1) is 33.1 Å². The highest BCUT2D eigenvalue weighted by Gasteiger charge is 2.33. The maximum Gasteiger partial charge on any atom is 0.318 e. The van der Waals surface area contributed by atoms with Crippen molar-refractivity contribution >= 4 is 57.3 Å². The summed E-state index contributed by atoms with van der Waals surface area (Å²) >= 11 is 6.62. The van der Waals surface area contributed by atoms with Crippen LogP contribution in [0.3, 0.4) is 0 Å².